The van der Waals surface area contributed by atoms with E-state index in [2.05, 4.69) is 4.98 Å². The number of likely N-dealkylation sites (tertiary alicyclic amines) is 1. The number of ether oxygens (including phenoxy) is 1. The van der Waals surface area contributed by atoms with Crippen molar-refractivity contribution in [3.63, 3.8) is 0 Å². The lowest BCUT2D eigenvalue weighted by atomic mass is 10.0. The fraction of sp³-hybridized carbons (Fsp3) is 0.565. The summed E-state index contributed by atoms with van der Waals surface area (Å²) in [5.41, 5.74) is 0.556. The Morgan fingerprint density at radius 2 is 2.09 bits per heavy atom. The summed E-state index contributed by atoms with van der Waals surface area (Å²) in [7, 11) is -3.61. The third-order valence-electron chi connectivity index (χ3n) is 7.02. The number of oxazole rings is 1. The zero-order valence-corrected chi connectivity index (χ0v) is 19.5. The average molecular weight is 481 g/mol. The molecule has 3 atom stereocenters. The number of benzene rings is 1. The van der Waals surface area contributed by atoms with E-state index in [1.807, 2.05) is 0 Å². The topological polar surface area (TPSA) is 89.7 Å². The van der Waals surface area contributed by atoms with Crippen molar-refractivity contribution in [1.82, 2.24) is 9.88 Å². The molecule has 0 bridgehead atoms. The number of carbonyl (C=O) groups is 1. The molecule has 3 fully saturated rings. The second-order valence-corrected chi connectivity index (χ2v) is 11.8. The third kappa shape index (κ3) is 4.02. The molecule has 3 aliphatic rings. The van der Waals surface area contributed by atoms with Gasteiger partial charge in [0.05, 0.1) is 16.2 Å². The minimum absolute atomic E-state index is 0.0377. The molecular formula is C23H26F2N2O5S. The van der Waals surface area contributed by atoms with Crippen molar-refractivity contribution in [2.75, 3.05) is 19.3 Å². The van der Waals surface area contributed by atoms with Crippen molar-refractivity contribution in [3.8, 4) is 5.75 Å². The normalized spacial score (nSPS) is 25.6. The lowest BCUT2D eigenvalue weighted by Gasteiger charge is -2.25. The average Bonchev–Trinajstić information content (AvgIpc) is 3.61. The first-order chi connectivity index (χ1) is 15.4. The first-order valence-electron chi connectivity index (χ1n) is 11.0. The fourth-order valence-corrected chi connectivity index (χ4v) is 5.19. The SMILES string of the molecule is C[C@H](Oc1ccc(S(C)(=O)=O)cc1C(=O)N1CC2CC2(c2coc(C3CC3)n2)C1)C(C)(F)F. The molecule has 178 valence electrons. The van der Waals surface area contributed by atoms with Gasteiger partial charge in [0.15, 0.2) is 21.8 Å². The van der Waals surface area contributed by atoms with E-state index in [4.69, 9.17) is 9.15 Å². The molecule has 1 aliphatic heterocycles. The molecule has 0 N–H and O–H groups in total. The second-order valence-electron chi connectivity index (χ2n) is 9.73. The summed E-state index contributed by atoms with van der Waals surface area (Å²) >= 11 is 0. The number of halogens is 2. The summed E-state index contributed by atoms with van der Waals surface area (Å²) in [4.78, 5) is 19.7. The largest absolute Gasteiger partial charge is 0.484 e. The standard InChI is InChI=1S/C23H26F2N2O5S/c1-13(22(2,24)25)32-18-7-6-16(33(3,29)30)8-17(18)21(28)27-10-15-9-23(15,12-27)19-11-31-20(26-19)14-4-5-14/h6-8,11,13-15H,4-5,9-10,12H2,1-3H3/t13-,15?,23?/m0/s1. The van der Waals surface area contributed by atoms with E-state index in [-0.39, 0.29) is 27.5 Å². The monoisotopic (exact) mass is 480 g/mol. The number of aromatic nitrogens is 1. The third-order valence-corrected chi connectivity index (χ3v) is 8.13. The van der Waals surface area contributed by atoms with Gasteiger partial charge in [-0.15, -0.1) is 0 Å². The van der Waals surface area contributed by atoms with Gasteiger partial charge in [0.1, 0.15) is 12.0 Å². The molecule has 2 aliphatic carbocycles. The van der Waals surface area contributed by atoms with Gasteiger partial charge in [-0.3, -0.25) is 4.79 Å². The molecule has 1 aromatic heterocycles. The van der Waals surface area contributed by atoms with Crippen molar-refractivity contribution in [3.05, 3.63) is 41.6 Å². The number of piperidine rings is 1. The molecule has 1 amide bonds. The molecular weight excluding hydrogens is 454 g/mol. The number of hydrogen-bond donors (Lipinski definition) is 0. The van der Waals surface area contributed by atoms with Gasteiger partial charge in [-0.1, -0.05) is 0 Å². The molecule has 2 unspecified atom stereocenters. The highest BCUT2D eigenvalue weighted by atomic mass is 32.2. The lowest BCUT2D eigenvalue weighted by Crippen LogP contribution is -2.35. The zero-order valence-electron chi connectivity index (χ0n) is 18.7. The summed E-state index contributed by atoms with van der Waals surface area (Å²) in [5, 5.41) is 0. The van der Waals surface area contributed by atoms with Crippen molar-refractivity contribution in [2.45, 2.75) is 61.4 Å². The number of hydrogen-bond acceptors (Lipinski definition) is 6. The number of nitrogens with zero attached hydrogens (tertiary/aromatic N) is 2. The minimum atomic E-state index is -3.61. The fourth-order valence-electron chi connectivity index (χ4n) is 4.54. The van der Waals surface area contributed by atoms with Crippen LogP contribution in [0, 0.1) is 5.92 Å². The maximum atomic E-state index is 13.7. The predicted molar refractivity (Wildman–Crippen MR) is 114 cm³/mol. The van der Waals surface area contributed by atoms with E-state index in [0.717, 1.165) is 44.0 Å². The number of carbonyl (C=O) groups excluding carboxylic acids is 1. The Balaban J connectivity index is 1.42. The molecule has 5 rings (SSSR count). The molecule has 10 heteroatoms. The smallest absolute Gasteiger partial charge is 0.281 e. The van der Waals surface area contributed by atoms with E-state index in [1.54, 1.807) is 11.2 Å². The van der Waals surface area contributed by atoms with Gasteiger partial charge < -0.3 is 14.1 Å². The van der Waals surface area contributed by atoms with Crippen molar-refractivity contribution in [2.24, 2.45) is 5.92 Å². The van der Waals surface area contributed by atoms with Gasteiger partial charge in [-0.05, 0) is 50.3 Å². The van der Waals surface area contributed by atoms with E-state index in [0.29, 0.717) is 19.0 Å². The molecule has 1 aromatic carbocycles. The van der Waals surface area contributed by atoms with Crippen LogP contribution < -0.4 is 4.74 Å². The summed E-state index contributed by atoms with van der Waals surface area (Å²) in [6.07, 6.45) is 4.28. The Bertz CT molecular complexity index is 1220. The Kier molecular flexibility index (Phi) is 4.90. The van der Waals surface area contributed by atoms with Gasteiger partial charge >= 0.3 is 0 Å². The molecule has 2 saturated carbocycles. The van der Waals surface area contributed by atoms with Crippen molar-refractivity contribution in [1.29, 1.82) is 0 Å². The van der Waals surface area contributed by atoms with Gasteiger partial charge in [0, 0.05) is 37.6 Å². The van der Waals surface area contributed by atoms with Crippen LogP contribution in [0.5, 0.6) is 5.75 Å². The Labute approximate surface area is 191 Å². The highest BCUT2D eigenvalue weighted by molar-refractivity contribution is 7.90. The van der Waals surface area contributed by atoms with E-state index in [1.165, 1.54) is 25.1 Å². The Morgan fingerprint density at radius 3 is 2.73 bits per heavy atom. The number of alkyl halides is 2. The first-order valence-corrected chi connectivity index (χ1v) is 12.9. The number of amides is 1. The Morgan fingerprint density at radius 1 is 1.36 bits per heavy atom. The van der Waals surface area contributed by atoms with Crippen LogP contribution >= 0.6 is 0 Å². The van der Waals surface area contributed by atoms with Gasteiger partial charge in [0.2, 0.25) is 0 Å². The molecule has 7 nitrogen and oxygen atoms in total. The van der Waals surface area contributed by atoms with Crippen LogP contribution in [0.15, 0.2) is 33.8 Å². The maximum Gasteiger partial charge on any atom is 0.281 e. The molecule has 0 spiro atoms. The Hall–Kier alpha value is -2.49. The van der Waals surface area contributed by atoms with Crippen LogP contribution in [0.3, 0.4) is 0 Å². The molecule has 0 radical (unpaired) electrons. The van der Waals surface area contributed by atoms with E-state index >= 15 is 0 Å². The molecule has 2 heterocycles. The summed E-state index contributed by atoms with van der Waals surface area (Å²) < 4.78 is 62.7. The first kappa shape index (κ1) is 22.3. The van der Waals surface area contributed by atoms with Crippen LogP contribution in [0.1, 0.15) is 61.0 Å². The zero-order chi connectivity index (χ0) is 23.8. The summed E-state index contributed by atoms with van der Waals surface area (Å²) in [6.45, 7) is 2.83. The van der Waals surface area contributed by atoms with Crippen LogP contribution in [0.2, 0.25) is 0 Å². The predicted octanol–water partition coefficient (Wildman–Crippen LogP) is 3.79. The van der Waals surface area contributed by atoms with Gasteiger partial charge in [-0.2, -0.15) is 0 Å². The maximum absolute atomic E-state index is 13.7. The highest BCUT2D eigenvalue weighted by Crippen LogP contribution is 2.59. The summed E-state index contributed by atoms with van der Waals surface area (Å²) in [5.74, 6) is -2.26. The summed E-state index contributed by atoms with van der Waals surface area (Å²) in [6, 6.07) is 3.75. The van der Waals surface area contributed by atoms with Crippen LogP contribution in [0.4, 0.5) is 8.78 Å². The van der Waals surface area contributed by atoms with Crippen LogP contribution in [-0.2, 0) is 15.3 Å². The minimum Gasteiger partial charge on any atom is -0.484 e. The molecule has 33 heavy (non-hydrogen) atoms. The van der Waals surface area contributed by atoms with Crippen LogP contribution in [0.25, 0.3) is 0 Å². The van der Waals surface area contributed by atoms with E-state index < -0.39 is 27.8 Å². The molecule has 2 aromatic rings. The van der Waals surface area contributed by atoms with E-state index in [9.17, 15) is 22.0 Å². The van der Waals surface area contributed by atoms with Gasteiger partial charge in [0.25, 0.3) is 11.8 Å². The van der Waals surface area contributed by atoms with Crippen molar-refractivity contribution < 1.29 is 31.1 Å². The number of rotatable bonds is 7. The quantitative estimate of drug-likeness (QED) is 0.599. The van der Waals surface area contributed by atoms with Crippen molar-refractivity contribution >= 4 is 15.7 Å². The highest BCUT2D eigenvalue weighted by Gasteiger charge is 2.63. The number of fused-ring (bicyclic) bond motifs is 1. The lowest BCUT2D eigenvalue weighted by molar-refractivity contribution is -0.0720. The number of sulfone groups is 1. The van der Waals surface area contributed by atoms with Crippen LogP contribution in [-0.4, -0.2) is 55.6 Å². The van der Waals surface area contributed by atoms with Gasteiger partial charge in [-0.25, -0.2) is 22.2 Å². The second kappa shape index (κ2) is 7.25. The molecule has 1 saturated heterocycles.